The molecule has 0 saturated heterocycles. The lowest BCUT2D eigenvalue weighted by atomic mass is 10.7. The van der Waals surface area contributed by atoms with Gasteiger partial charge in [0.2, 0.25) is 0 Å². The Kier molecular flexibility index (Phi) is 2.54. The molecule has 0 atom stereocenters. The van der Waals surface area contributed by atoms with Crippen molar-refractivity contribution < 1.29 is 21.6 Å². The van der Waals surface area contributed by atoms with Crippen LogP contribution in [0.3, 0.4) is 0 Å². The molecule has 1 aliphatic rings. The Balaban J connectivity index is 2.97. The van der Waals surface area contributed by atoms with Gasteiger partial charge < -0.3 is 0 Å². The van der Waals surface area contributed by atoms with Crippen molar-refractivity contribution in [2.24, 2.45) is 0 Å². The van der Waals surface area contributed by atoms with Gasteiger partial charge in [0.25, 0.3) is 0 Å². The van der Waals surface area contributed by atoms with Gasteiger partial charge in [-0.25, -0.2) is 0 Å². The zero-order chi connectivity index (χ0) is 10.3. The fourth-order valence-corrected chi connectivity index (χ4v) is 2.66. The predicted molar refractivity (Wildman–Crippen MR) is 43.0 cm³/mol. The second-order valence-corrected chi connectivity index (χ2v) is 5.42. The third-order valence-corrected chi connectivity index (χ3v) is 3.91. The standard InChI is InChI=1S/C5H6F3NO2S2/c1-4-2-9(3-12-4)13(10,11)5(6,7)8/h2H,3H2,1H3. The number of thioether (sulfide) groups is 1. The van der Waals surface area contributed by atoms with E-state index >= 15 is 0 Å². The second kappa shape index (κ2) is 3.09. The van der Waals surface area contributed by atoms with E-state index in [1.54, 1.807) is 6.92 Å². The molecule has 0 aromatic rings. The number of rotatable bonds is 1. The van der Waals surface area contributed by atoms with E-state index in [-0.39, 0.29) is 5.88 Å². The maximum absolute atomic E-state index is 11.9. The summed E-state index contributed by atoms with van der Waals surface area (Å²) in [6.45, 7) is 1.55. The van der Waals surface area contributed by atoms with Crippen molar-refractivity contribution in [1.29, 1.82) is 0 Å². The van der Waals surface area contributed by atoms with Gasteiger partial charge >= 0.3 is 15.5 Å². The Morgan fingerprint density at radius 1 is 1.54 bits per heavy atom. The van der Waals surface area contributed by atoms with E-state index in [0.29, 0.717) is 9.21 Å². The number of sulfonamides is 1. The van der Waals surface area contributed by atoms with Gasteiger partial charge in [0.15, 0.2) is 0 Å². The van der Waals surface area contributed by atoms with E-state index in [4.69, 9.17) is 0 Å². The predicted octanol–water partition coefficient (Wildman–Crippen LogP) is 1.70. The molecule has 0 N–H and O–H groups in total. The van der Waals surface area contributed by atoms with Gasteiger partial charge in [0, 0.05) is 11.1 Å². The SMILES string of the molecule is CC1=CN(S(=O)(=O)C(F)(F)F)CS1. The van der Waals surface area contributed by atoms with E-state index in [1.165, 1.54) is 0 Å². The normalized spacial score (nSPS) is 19.1. The molecule has 0 unspecified atom stereocenters. The molecule has 8 heteroatoms. The first-order valence-electron chi connectivity index (χ1n) is 3.14. The number of nitrogens with zero attached hydrogens (tertiary/aromatic N) is 1. The average molecular weight is 233 g/mol. The third-order valence-electron chi connectivity index (χ3n) is 1.35. The zero-order valence-corrected chi connectivity index (χ0v) is 8.13. The molecule has 0 aromatic carbocycles. The Morgan fingerprint density at radius 3 is 2.38 bits per heavy atom. The summed E-state index contributed by atoms with van der Waals surface area (Å²) in [6.07, 6.45) is 0.980. The fourth-order valence-electron chi connectivity index (χ4n) is 0.714. The second-order valence-electron chi connectivity index (χ2n) is 2.35. The summed E-state index contributed by atoms with van der Waals surface area (Å²) in [5, 5.41) is 0. The molecule has 13 heavy (non-hydrogen) atoms. The number of alkyl halides is 3. The van der Waals surface area contributed by atoms with Crippen molar-refractivity contribution in [3.8, 4) is 0 Å². The summed E-state index contributed by atoms with van der Waals surface area (Å²) < 4.78 is 57.6. The maximum Gasteiger partial charge on any atom is 0.516 e. The largest absolute Gasteiger partial charge is 0.516 e. The maximum atomic E-state index is 11.9. The van der Waals surface area contributed by atoms with Crippen LogP contribution in [-0.2, 0) is 10.0 Å². The van der Waals surface area contributed by atoms with Crippen molar-refractivity contribution in [3.63, 3.8) is 0 Å². The van der Waals surface area contributed by atoms with Crippen LogP contribution >= 0.6 is 11.8 Å². The topological polar surface area (TPSA) is 37.4 Å². The lowest BCUT2D eigenvalue weighted by Gasteiger charge is -2.16. The van der Waals surface area contributed by atoms with Crippen molar-refractivity contribution >= 4 is 21.8 Å². The minimum atomic E-state index is -5.21. The molecule has 0 aliphatic carbocycles. The number of hydrogen-bond donors (Lipinski definition) is 0. The number of hydrogen-bond acceptors (Lipinski definition) is 3. The molecular formula is C5H6F3NO2S2. The Labute approximate surface area is 77.6 Å². The van der Waals surface area contributed by atoms with Gasteiger partial charge in [0.1, 0.15) is 0 Å². The van der Waals surface area contributed by atoms with E-state index < -0.39 is 15.5 Å². The van der Waals surface area contributed by atoms with Gasteiger partial charge in [-0.1, -0.05) is 0 Å². The summed E-state index contributed by atoms with van der Waals surface area (Å²) in [7, 11) is -5.17. The first-order chi connectivity index (χ1) is 5.75. The molecule has 0 radical (unpaired) electrons. The lowest BCUT2D eigenvalue weighted by molar-refractivity contribution is -0.0473. The first-order valence-corrected chi connectivity index (χ1v) is 5.57. The summed E-state index contributed by atoms with van der Waals surface area (Å²) in [5.74, 6) is -0.201. The first kappa shape index (κ1) is 10.7. The molecule has 0 spiro atoms. The summed E-state index contributed by atoms with van der Waals surface area (Å²) in [4.78, 5) is 0.549. The molecule has 0 bridgehead atoms. The third kappa shape index (κ3) is 1.93. The Bertz CT molecular complexity index is 332. The van der Waals surface area contributed by atoms with Gasteiger partial charge in [0.05, 0.1) is 5.88 Å². The molecule has 1 rings (SSSR count). The molecule has 0 fully saturated rings. The highest BCUT2D eigenvalue weighted by atomic mass is 32.2. The van der Waals surface area contributed by atoms with Gasteiger partial charge in [-0.15, -0.1) is 11.8 Å². The van der Waals surface area contributed by atoms with Crippen LogP contribution in [0.25, 0.3) is 0 Å². The minimum Gasteiger partial charge on any atom is -0.259 e. The Morgan fingerprint density at radius 2 is 2.08 bits per heavy atom. The van der Waals surface area contributed by atoms with E-state index in [2.05, 4.69) is 0 Å². The molecule has 0 saturated carbocycles. The molecule has 3 nitrogen and oxygen atoms in total. The van der Waals surface area contributed by atoms with Crippen LogP contribution in [0.5, 0.6) is 0 Å². The average Bonchev–Trinajstić information content (AvgIpc) is 2.33. The highest BCUT2D eigenvalue weighted by Crippen LogP contribution is 2.33. The zero-order valence-electron chi connectivity index (χ0n) is 6.50. The van der Waals surface area contributed by atoms with Crippen molar-refractivity contribution in [2.75, 3.05) is 5.88 Å². The van der Waals surface area contributed by atoms with Crippen LogP contribution in [0, 0.1) is 0 Å². The highest BCUT2D eigenvalue weighted by molar-refractivity contribution is 8.04. The molecule has 0 aromatic heterocycles. The van der Waals surface area contributed by atoms with Crippen molar-refractivity contribution in [1.82, 2.24) is 4.31 Å². The van der Waals surface area contributed by atoms with Crippen LogP contribution in [0.2, 0.25) is 0 Å². The van der Waals surface area contributed by atoms with Gasteiger partial charge in [-0.3, -0.25) is 4.31 Å². The number of allylic oxidation sites excluding steroid dienone is 1. The lowest BCUT2D eigenvalue weighted by Crippen LogP contribution is -2.35. The van der Waals surface area contributed by atoms with Crippen LogP contribution < -0.4 is 0 Å². The van der Waals surface area contributed by atoms with E-state index in [0.717, 1.165) is 18.0 Å². The van der Waals surface area contributed by atoms with Crippen LogP contribution in [0.1, 0.15) is 6.92 Å². The molecule has 0 amide bonds. The Hall–Kier alpha value is -0.370. The van der Waals surface area contributed by atoms with E-state index in [1.807, 2.05) is 0 Å². The molecule has 1 heterocycles. The highest BCUT2D eigenvalue weighted by Gasteiger charge is 2.50. The molecular weight excluding hydrogens is 227 g/mol. The van der Waals surface area contributed by atoms with Crippen LogP contribution in [0.4, 0.5) is 13.2 Å². The quantitative estimate of drug-likeness (QED) is 0.691. The van der Waals surface area contributed by atoms with Gasteiger partial charge in [-0.2, -0.15) is 21.6 Å². The summed E-state index contributed by atoms with van der Waals surface area (Å²) in [6, 6.07) is 0. The molecule has 1 aliphatic heterocycles. The summed E-state index contributed by atoms with van der Waals surface area (Å²) >= 11 is 1.06. The van der Waals surface area contributed by atoms with Crippen LogP contribution in [-0.4, -0.2) is 24.1 Å². The summed E-state index contributed by atoms with van der Waals surface area (Å²) in [5.41, 5.74) is -5.21. The monoisotopic (exact) mass is 233 g/mol. The van der Waals surface area contributed by atoms with Crippen LogP contribution in [0.15, 0.2) is 11.1 Å². The smallest absolute Gasteiger partial charge is 0.259 e. The van der Waals surface area contributed by atoms with Crippen molar-refractivity contribution in [2.45, 2.75) is 12.4 Å². The fraction of sp³-hybridized carbons (Fsp3) is 0.600. The minimum absolute atomic E-state index is 0.201. The van der Waals surface area contributed by atoms with Gasteiger partial charge in [-0.05, 0) is 6.92 Å². The molecule has 76 valence electrons. The number of halogens is 3. The van der Waals surface area contributed by atoms with Crippen molar-refractivity contribution in [3.05, 3.63) is 11.1 Å². The van der Waals surface area contributed by atoms with E-state index in [9.17, 15) is 21.6 Å².